The standard InChI is InChI=1S/C22H20ClNO7/c1-22(2)30-20(26)15(21(27)31-22)9-13-10-16(23)19(17(11-13)28-3)29-12-18(25)24-14-7-5-4-6-8-14/h4-11H,12H2,1-3H3,(H,24,25). The molecule has 9 heteroatoms. The Bertz CT molecular complexity index is 1030. The van der Waals surface area contributed by atoms with Crippen molar-refractivity contribution in [2.24, 2.45) is 0 Å². The fourth-order valence-corrected chi connectivity index (χ4v) is 3.04. The first-order chi connectivity index (χ1) is 14.7. The molecule has 0 aliphatic carbocycles. The molecule has 1 amide bonds. The molecule has 1 heterocycles. The van der Waals surface area contributed by atoms with Gasteiger partial charge in [0.15, 0.2) is 18.1 Å². The number of hydrogen-bond acceptors (Lipinski definition) is 7. The summed E-state index contributed by atoms with van der Waals surface area (Å²) in [5.74, 6) is -2.98. The predicted molar refractivity (Wildman–Crippen MR) is 113 cm³/mol. The molecule has 0 aromatic heterocycles. The first kappa shape index (κ1) is 22.2. The third kappa shape index (κ3) is 5.55. The summed E-state index contributed by atoms with van der Waals surface area (Å²) in [5, 5.41) is 2.81. The van der Waals surface area contributed by atoms with E-state index in [9.17, 15) is 14.4 Å². The van der Waals surface area contributed by atoms with Crippen LogP contribution in [0, 0.1) is 0 Å². The van der Waals surface area contributed by atoms with Crippen LogP contribution in [0.4, 0.5) is 5.69 Å². The normalized spacial score (nSPS) is 14.9. The molecule has 0 saturated carbocycles. The Morgan fingerprint density at radius 1 is 1.13 bits per heavy atom. The lowest BCUT2D eigenvalue weighted by atomic mass is 10.1. The van der Waals surface area contributed by atoms with Gasteiger partial charge in [-0.3, -0.25) is 4.79 Å². The first-order valence-corrected chi connectivity index (χ1v) is 9.60. The predicted octanol–water partition coefficient (Wildman–Crippen LogP) is 3.59. The van der Waals surface area contributed by atoms with Crippen LogP contribution in [0.25, 0.3) is 6.08 Å². The zero-order chi connectivity index (χ0) is 22.6. The van der Waals surface area contributed by atoms with E-state index in [0.29, 0.717) is 11.3 Å². The minimum atomic E-state index is -1.33. The lowest BCUT2D eigenvalue weighted by Gasteiger charge is -2.29. The van der Waals surface area contributed by atoms with Crippen molar-refractivity contribution < 1.29 is 33.3 Å². The first-order valence-electron chi connectivity index (χ1n) is 9.22. The van der Waals surface area contributed by atoms with E-state index in [2.05, 4.69) is 5.32 Å². The highest BCUT2D eigenvalue weighted by atomic mass is 35.5. The molecule has 162 valence electrons. The molecule has 1 N–H and O–H groups in total. The number of anilines is 1. The molecular weight excluding hydrogens is 426 g/mol. The van der Waals surface area contributed by atoms with E-state index in [1.54, 1.807) is 24.3 Å². The molecule has 1 fully saturated rings. The fraction of sp³-hybridized carbons (Fsp3) is 0.227. The van der Waals surface area contributed by atoms with Crippen LogP contribution in [0.1, 0.15) is 19.4 Å². The van der Waals surface area contributed by atoms with Crippen molar-refractivity contribution >= 4 is 41.2 Å². The molecule has 31 heavy (non-hydrogen) atoms. The Balaban J connectivity index is 1.76. The molecular formula is C22H20ClNO7. The summed E-state index contributed by atoms with van der Waals surface area (Å²) < 4.78 is 21.0. The molecule has 8 nitrogen and oxygen atoms in total. The molecule has 0 radical (unpaired) electrons. The molecule has 1 aliphatic heterocycles. The van der Waals surface area contributed by atoms with E-state index in [4.69, 9.17) is 30.5 Å². The SMILES string of the molecule is COc1cc(C=C2C(=O)OC(C)(C)OC2=O)cc(Cl)c1OCC(=O)Nc1ccccc1. The number of nitrogens with one attached hydrogen (secondary N) is 1. The summed E-state index contributed by atoms with van der Waals surface area (Å²) in [6.45, 7) is 2.61. The number of carbonyl (C=O) groups excluding carboxylic acids is 3. The Morgan fingerprint density at radius 3 is 2.39 bits per heavy atom. The summed E-state index contributed by atoms with van der Waals surface area (Å²) >= 11 is 6.29. The number of halogens is 1. The van der Waals surface area contributed by atoms with Gasteiger partial charge >= 0.3 is 11.9 Å². The fourth-order valence-electron chi connectivity index (χ4n) is 2.76. The van der Waals surface area contributed by atoms with Gasteiger partial charge in [-0.2, -0.15) is 0 Å². The van der Waals surface area contributed by atoms with Crippen LogP contribution in [0.15, 0.2) is 48.0 Å². The second-order valence-corrected chi connectivity index (χ2v) is 7.38. The molecule has 2 aromatic carbocycles. The van der Waals surface area contributed by atoms with Crippen molar-refractivity contribution in [1.82, 2.24) is 0 Å². The molecule has 0 bridgehead atoms. The van der Waals surface area contributed by atoms with Gasteiger partial charge in [-0.15, -0.1) is 0 Å². The van der Waals surface area contributed by atoms with Crippen LogP contribution in [0.2, 0.25) is 5.02 Å². The van der Waals surface area contributed by atoms with Crippen molar-refractivity contribution in [2.45, 2.75) is 19.6 Å². The minimum Gasteiger partial charge on any atom is -0.493 e. The second-order valence-electron chi connectivity index (χ2n) is 6.97. The maximum atomic E-state index is 12.1. The number of esters is 2. The zero-order valence-electron chi connectivity index (χ0n) is 17.1. The van der Waals surface area contributed by atoms with Crippen molar-refractivity contribution in [3.8, 4) is 11.5 Å². The van der Waals surface area contributed by atoms with Crippen LogP contribution < -0.4 is 14.8 Å². The zero-order valence-corrected chi connectivity index (χ0v) is 17.8. The van der Waals surface area contributed by atoms with Gasteiger partial charge in [0, 0.05) is 19.5 Å². The number of cyclic esters (lactones) is 2. The Labute approximate surface area is 183 Å². The summed E-state index contributed by atoms with van der Waals surface area (Å²) in [7, 11) is 1.39. The highest BCUT2D eigenvalue weighted by Crippen LogP contribution is 2.37. The van der Waals surface area contributed by atoms with Crippen molar-refractivity contribution in [3.05, 3.63) is 58.6 Å². The lowest BCUT2D eigenvalue weighted by molar-refractivity contribution is -0.222. The third-order valence-electron chi connectivity index (χ3n) is 4.08. The summed E-state index contributed by atoms with van der Waals surface area (Å²) in [6.07, 6.45) is 1.28. The van der Waals surface area contributed by atoms with Crippen LogP contribution in [0.5, 0.6) is 11.5 Å². The van der Waals surface area contributed by atoms with E-state index in [1.807, 2.05) is 6.07 Å². The van der Waals surface area contributed by atoms with Gasteiger partial charge in [0.05, 0.1) is 12.1 Å². The summed E-state index contributed by atoms with van der Waals surface area (Å²) in [4.78, 5) is 36.4. The van der Waals surface area contributed by atoms with Crippen LogP contribution in [0.3, 0.4) is 0 Å². The molecule has 0 atom stereocenters. The van der Waals surface area contributed by atoms with Gasteiger partial charge in [0.2, 0.25) is 0 Å². The molecule has 1 saturated heterocycles. The number of methoxy groups -OCH3 is 1. The number of carbonyl (C=O) groups is 3. The van der Waals surface area contributed by atoms with E-state index < -0.39 is 17.7 Å². The van der Waals surface area contributed by atoms with E-state index in [0.717, 1.165) is 0 Å². The summed E-state index contributed by atoms with van der Waals surface area (Å²) in [5.41, 5.74) is 0.727. The smallest absolute Gasteiger partial charge is 0.348 e. The molecule has 0 unspecified atom stereocenters. The number of amides is 1. The maximum absolute atomic E-state index is 12.1. The van der Waals surface area contributed by atoms with E-state index >= 15 is 0 Å². The lowest BCUT2D eigenvalue weighted by Crippen LogP contribution is -2.41. The Hall–Kier alpha value is -3.52. The van der Waals surface area contributed by atoms with E-state index in [-0.39, 0.29) is 34.6 Å². The van der Waals surface area contributed by atoms with Gasteiger partial charge in [-0.25, -0.2) is 9.59 Å². The largest absolute Gasteiger partial charge is 0.493 e. The molecule has 3 rings (SSSR count). The highest BCUT2D eigenvalue weighted by molar-refractivity contribution is 6.32. The molecule has 1 aliphatic rings. The molecule has 2 aromatic rings. The number of rotatable bonds is 6. The monoisotopic (exact) mass is 445 g/mol. The Morgan fingerprint density at radius 2 is 1.77 bits per heavy atom. The number of hydrogen-bond donors (Lipinski definition) is 1. The maximum Gasteiger partial charge on any atom is 0.348 e. The van der Waals surface area contributed by atoms with Crippen LogP contribution in [-0.4, -0.2) is 37.3 Å². The summed E-state index contributed by atoms with van der Waals surface area (Å²) in [6, 6.07) is 11.9. The van der Waals surface area contributed by atoms with Crippen LogP contribution >= 0.6 is 11.6 Å². The minimum absolute atomic E-state index is 0.122. The van der Waals surface area contributed by atoms with Crippen molar-refractivity contribution in [3.63, 3.8) is 0 Å². The van der Waals surface area contributed by atoms with Gasteiger partial charge in [-0.1, -0.05) is 29.8 Å². The van der Waals surface area contributed by atoms with Gasteiger partial charge < -0.3 is 24.3 Å². The highest BCUT2D eigenvalue weighted by Gasteiger charge is 2.38. The van der Waals surface area contributed by atoms with Gasteiger partial charge in [-0.05, 0) is 35.9 Å². The van der Waals surface area contributed by atoms with Gasteiger partial charge in [0.25, 0.3) is 11.7 Å². The molecule has 0 spiro atoms. The Kier molecular flexibility index (Phi) is 6.50. The number of para-hydroxylation sites is 1. The number of ether oxygens (including phenoxy) is 4. The van der Waals surface area contributed by atoms with Gasteiger partial charge in [0.1, 0.15) is 5.57 Å². The topological polar surface area (TPSA) is 100 Å². The van der Waals surface area contributed by atoms with Crippen molar-refractivity contribution in [1.29, 1.82) is 0 Å². The third-order valence-corrected chi connectivity index (χ3v) is 4.37. The average Bonchev–Trinajstić information content (AvgIpc) is 2.69. The van der Waals surface area contributed by atoms with E-state index in [1.165, 1.54) is 39.2 Å². The second kappa shape index (κ2) is 9.09. The van der Waals surface area contributed by atoms with Crippen LogP contribution in [-0.2, 0) is 23.9 Å². The quantitative estimate of drug-likeness (QED) is 0.412. The number of benzene rings is 2. The van der Waals surface area contributed by atoms with Crippen molar-refractivity contribution in [2.75, 3.05) is 19.0 Å². The average molecular weight is 446 g/mol.